The molecule has 0 saturated carbocycles. The Hall–Kier alpha value is -7.74. The Morgan fingerprint density at radius 1 is 0.333 bits per heavy atom. The molecule has 0 amide bonds. The number of nitrogens with zero attached hydrogens (tertiary/aromatic N) is 1. The van der Waals surface area contributed by atoms with Crippen molar-refractivity contribution in [3.8, 4) is 44.5 Å². The number of anilines is 3. The van der Waals surface area contributed by atoms with E-state index in [0.29, 0.717) is 5.56 Å². The molecule has 1 aliphatic rings. The highest BCUT2D eigenvalue weighted by atomic mass is 15.1. The van der Waals surface area contributed by atoms with Gasteiger partial charge in [-0.05, 0) is 120 Å². The monoisotopic (exact) mass is 768 g/mol. The van der Waals surface area contributed by atoms with E-state index in [-0.39, 0.29) is 29.7 Å². The molecule has 282 valence electrons. The van der Waals surface area contributed by atoms with Gasteiger partial charge in [-0.15, -0.1) is 0 Å². The predicted molar refractivity (Wildman–Crippen MR) is 252 cm³/mol. The molecule has 0 bridgehead atoms. The minimum Gasteiger partial charge on any atom is -0.311 e. The van der Waals surface area contributed by atoms with E-state index in [1.165, 1.54) is 44.2 Å². The van der Waals surface area contributed by atoms with E-state index in [4.69, 9.17) is 6.85 Å². The van der Waals surface area contributed by atoms with Crippen LogP contribution in [0.2, 0.25) is 0 Å². The molecule has 1 aliphatic carbocycles. The normalized spacial score (nSPS) is 13.6. The lowest BCUT2D eigenvalue weighted by molar-refractivity contribution is 0.769. The van der Waals surface area contributed by atoms with Crippen LogP contribution in [-0.4, -0.2) is 0 Å². The zero-order chi connectivity index (χ0) is 44.2. The van der Waals surface area contributed by atoms with Crippen LogP contribution in [0.4, 0.5) is 17.1 Å². The minimum atomic E-state index is -0.499. The quantitative estimate of drug-likeness (QED) is 0.149. The maximum absolute atomic E-state index is 8.61. The van der Waals surface area contributed by atoms with Gasteiger partial charge in [0.15, 0.2) is 0 Å². The highest BCUT2D eigenvalue weighted by Gasteiger charge is 2.45. The Kier molecular flexibility index (Phi) is 7.53. The molecule has 0 N–H and O–H groups in total. The smallest absolute Gasteiger partial charge is 0.0713 e. The van der Waals surface area contributed by atoms with E-state index in [9.17, 15) is 0 Å². The van der Waals surface area contributed by atoms with Gasteiger partial charge in [-0.1, -0.05) is 206 Å². The second-order valence-corrected chi connectivity index (χ2v) is 15.3. The fraction of sp³-hybridized carbons (Fsp3) is 0.0169. The molecule has 60 heavy (non-hydrogen) atoms. The molecule has 0 fully saturated rings. The number of hydrogen-bond acceptors (Lipinski definition) is 1. The number of rotatable bonds is 8. The third-order valence-corrected chi connectivity index (χ3v) is 12.1. The van der Waals surface area contributed by atoms with Gasteiger partial charge >= 0.3 is 0 Å². The Morgan fingerprint density at radius 3 is 1.47 bits per heavy atom. The molecule has 11 rings (SSSR count). The Labute approximate surface area is 359 Å². The lowest BCUT2D eigenvalue weighted by Gasteiger charge is -2.34. The Morgan fingerprint density at radius 2 is 0.817 bits per heavy atom. The molecule has 1 heteroatoms. The molecule has 0 saturated heterocycles. The van der Waals surface area contributed by atoms with E-state index in [1.807, 2.05) is 24.3 Å². The maximum atomic E-state index is 8.61. The SMILES string of the molecule is [2H]c1c([2H])c([2H])c(-c2ccc(N(c3ccc(-c4cccc(C5(c6ccccc6)c6ccccc6-c6ccccc65)c4)cc3)c3ccc(-c4cccc5ccccc45)cc3)cc2)c([2H])c1[2H]. The first kappa shape index (κ1) is 30.4. The zero-order valence-corrected chi connectivity index (χ0v) is 32.7. The highest BCUT2D eigenvalue weighted by Crippen LogP contribution is 2.56. The van der Waals surface area contributed by atoms with Gasteiger partial charge < -0.3 is 4.90 Å². The van der Waals surface area contributed by atoms with E-state index < -0.39 is 11.5 Å². The van der Waals surface area contributed by atoms with Gasteiger partial charge in [0, 0.05) is 17.1 Å². The first-order valence-corrected chi connectivity index (χ1v) is 20.3. The number of benzene rings is 10. The van der Waals surface area contributed by atoms with Crippen LogP contribution in [0.5, 0.6) is 0 Å². The first-order chi connectivity index (χ1) is 31.8. The first-order valence-electron chi connectivity index (χ1n) is 22.8. The van der Waals surface area contributed by atoms with Crippen LogP contribution in [0, 0.1) is 0 Å². The van der Waals surface area contributed by atoms with Crippen LogP contribution in [0.15, 0.2) is 249 Å². The second-order valence-electron chi connectivity index (χ2n) is 15.3. The van der Waals surface area contributed by atoms with Gasteiger partial charge in [-0.25, -0.2) is 0 Å². The largest absolute Gasteiger partial charge is 0.311 e. The van der Waals surface area contributed by atoms with Crippen molar-refractivity contribution >= 4 is 27.8 Å². The summed E-state index contributed by atoms with van der Waals surface area (Å²) in [6.07, 6.45) is 0. The van der Waals surface area contributed by atoms with Crippen molar-refractivity contribution in [2.24, 2.45) is 0 Å². The van der Waals surface area contributed by atoms with Crippen molar-refractivity contribution in [3.63, 3.8) is 0 Å². The standard InChI is InChI=1S/C59H41N/c1-3-15-42(16-4-1)43-29-35-50(36-30-43)60(52-39-33-46(34-40-52)54-26-14-18-45-17-7-8-23-53(45)54)51-37-31-44(32-38-51)47-19-13-22-49(41-47)59(48-20-5-2-6-21-48)57-27-11-9-24-55(57)56-25-10-12-28-58(56)59/h1-41H/i1D,3D,4D,15D,16D. The van der Waals surface area contributed by atoms with Crippen LogP contribution in [0.3, 0.4) is 0 Å². The average molecular weight is 769 g/mol. The summed E-state index contributed by atoms with van der Waals surface area (Å²) >= 11 is 0. The second kappa shape index (κ2) is 14.9. The summed E-state index contributed by atoms with van der Waals surface area (Å²) in [6, 6.07) is 75.5. The fourth-order valence-electron chi connectivity index (χ4n) is 9.33. The van der Waals surface area contributed by atoms with Crippen molar-refractivity contribution in [1.82, 2.24) is 0 Å². The molecule has 0 spiro atoms. The lowest BCUT2D eigenvalue weighted by Crippen LogP contribution is -2.28. The van der Waals surface area contributed by atoms with Crippen LogP contribution < -0.4 is 4.90 Å². The third-order valence-electron chi connectivity index (χ3n) is 12.1. The van der Waals surface area contributed by atoms with E-state index in [2.05, 4.69) is 199 Å². The summed E-state index contributed by atoms with van der Waals surface area (Å²) in [7, 11) is 0. The fourth-order valence-corrected chi connectivity index (χ4v) is 9.33. The van der Waals surface area contributed by atoms with Crippen molar-refractivity contribution in [2.75, 3.05) is 4.90 Å². The molecule has 0 radical (unpaired) electrons. The molecule has 0 aromatic heterocycles. The van der Waals surface area contributed by atoms with Crippen LogP contribution in [-0.2, 0) is 5.41 Å². The molecular weight excluding hydrogens is 723 g/mol. The van der Waals surface area contributed by atoms with Crippen LogP contribution in [0.25, 0.3) is 55.3 Å². The van der Waals surface area contributed by atoms with E-state index >= 15 is 0 Å². The number of hydrogen-bond donors (Lipinski definition) is 0. The summed E-state index contributed by atoms with van der Waals surface area (Å²) in [5.74, 6) is 0. The van der Waals surface area contributed by atoms with Gasteiger partial charge in [0.1, 0.15) is 0 Å². The van der Waals surface area contributed by atoms with E-state index in [0.717, 1.165) is 39.3 Å². The Balaban J connectivity index is 1.01. The van der Waals surface area contributed by atoms with Crippen LogP contribution in [0.1, 0.15) is 29.1 Å². The topological polar surface area (TPSA) is 3.24 Å². The zero-order valence-electron chi connectivity index (χ0n) is 37.7. The van der Waals surface area contributed by atoms with Crippen LogP contribution >= 0.6 is 0 Å². The van der Waals surface area contributed by atoms with Gasteiger partial charge in [0.25, 0.3) is 0 Å². The average Bonchev–Trinajstić information content (AvgIpc) is 3.67. The lowest BCUT2D eigenvalue weighted by atomic mass is 9.67. The molecule has 1 nitrogen and oxygen atoms in total. The third kappa shape index (κ3) is 5.94. The minimum absolute atomic E-state index is 0.179. The highest BCUT2D eigenvalue weighted by molar-refractivity contribution is 5.97. The van der Waals surface area contributed by atoms with Crippen molar-refractivity contribution in [2.45, 2.75) is 5.41 Å². The Bertz CT molecular complexity index is 3340. The molecule has 10 aromatic carbocycles. The van der Waals surface area contributed by atoms with E-state index in [1.54, 1.807) is 0 Å². The molecule has 0 unspecified atom stereocenters. The molecular formula is C59H41N. The molecule has 10 aromatic rings. The number of fused-ring (bicyclic) bond motifs is 4. The van der Waals surface area contributed by atoms with Gasteiger partial charge in [0.05, 0.1) is 12.3 Å². The summed E-state index contributed by atoms with van der Waals surface area (Å²) in [4.78, 5) is 2.19. The molecule has 0 heterocycles. The maximum Gasteiger partial charge on any atom is 0.0713 e. The predicted octanol–water partition coefficient (Wildman–Crippen LogP) is 15.7. The van der Waals surface area contributed by atoms with Crippen molar-refractivity contribution in [1.29, 1.82) is 0 Å². The van der Waals surface area contributed by atoms with Gasteiger partial charge in [-0.3, -0.25) is 0 Å². The summed E-state index contributed by atoms with van der Waals surface area (Å²) < 4.78 is 41.9. The molecule has 0 aliphatic heterocycles. The molecule has 0 atom stereocenters. The summed E-state index contributed by atoms with van der Waals surface area (Å²) in [5, 5.41) is 2.38. The van der Waals surface area contributed by atoms with Crippen molar-refractivity contribution < 1.29 is 6.85 Å². The summed E-state index contributed by atoms with van der Waals surface area (Å²) in [6.45, 7) is 0. The summed E-state index contributed by atoms with van der Waals surface area (Å²) in [5.41, 5.74) is 14.9. The van der Waals surface area contributed by atoms with Crippen molar-refractivity contribution in [3.05, 3.63) is 271 Å². The van der Waals surface area contributed by atoms with Gasteiger partial charge in [0.2, 0.25) is 0 Å². The van der Waals surface area contributed by atoms with Gasteiger partial charge in [-0.2, -0.15) is 0 Å².